The van der Waals surface area contributed by atoms with Gasteiger partial charge in [-0.05, 0) is 54.4 Å². The van der Waals surface area contributed by atoms with Crippen molar-refractivity contribution in [1.82, 2.24) is 4.98 Å². The van der Waals surface area contributed by atoms with Crippen molar-refractivity contribution in [3.8, 4) is 0 Å². The van der Waals surface area contributed by atoms with Gasteiger partial charge in [-0.25, -0.2) is 9.78 Å². The molecule has 126 valence electrons. The first-order valence-electron chi connectivity index (χ1n) is 8.25. The minimum absolute atomic E-state index is 0.327. The minimum Gasteiger partial charge on any atom is -0.478 e. The molecular formula is C20H17ClN2O2. The molecule has 1 N–H and O–H groups in total. The van der Waals surface area contributed by atoms with Crippen LogP contribution in [-0.4, -0.2) is 29.1 Å². The Hall–Kier alpha value is -2.59. The monoisotopic (exact) mass is 352 g/mol. The van der Waals surface area contributed by atoms with Crippen molar-refractivity contribution >= 4 is 34.3 Å². The largest absolute Gasteiger partial charge is 0.478 e. The topological polar surface area (TPSA) is 53.4 Å². The predicted molar refractivity (Wildman–Crippen MR) is 99.7 cm³/mol. The van der Waals surface area contributed by atoms with E-state index >= 15 is 0 Å². The smallest absolute Gasteiger partial charge is 0.335 e. The van der Waals surface area contributed by atoms with Crippen LogP contribution in [0.3, 0.4) is 0 Å². The van der Waals surface area contributed by atoms with Crippen molar-refractivity contribution in [1.29, 1.82) is 0 Å². The summed E-state index contributed by atoms with van der Waals surface area (Å²) in [4.78, 5) is 18.0. The van der Waals surface area contributed by atoms with Crippen molar-refractivity contribution in [3.05, 3.63) is 70.7 Å². The van der Waals surface area contributed by atoms with Crippen LogP contribution in [0.2, 0.25) is 5.02 Å². The van der Waals surface area contributed by atoms with Gasteiger partial charge in [-0.2, -0.15) is 0 Å². The number of hydrogen-bond donors (Lipinski definition) is 1. The molecule has 0 saturated carbocycles. The van der Waals surface area contributed by atoms with E-state index in [0.29, 0.717) is 16.5 Å². The maximum atomic E-state index is 11.0. The van der Waals surface area contributed by atoms with E-state index in [1.807, 2.05) is 36.4 Å². The average molecular weight is 353 g/mol. The van der Waals surface area contributed by atoms with Gasteiger partial charge < -0.3 is 10.0 Å². The third-order valence-corrected chi connectivity index (χ3v) is 5.01. The SMILES string of the molecule is O=C(O)c1ccc([C@H]2CCN(c3ccc4cc(Cl)ccc4n3)C2)cc1. The number of pyridine rings is 1. The van der Waals surface area contributed by atoms with Gasteiger partial charge in [-0.1, -0.05) is 23.7 Å². The minimum atomic E-state index is -0.889. The Morgan fingerprint density at radius 1 is 1.12 bits per heavy atom. The number of halogens is 1. The van der Waals surface area contributed by atoms with Crippen LogP contribution in [0.25, 0.3) is 10.9 Å². The number of fused-ring (bicyclic) bond motifs is 1. The Balaban J connectivity index is 1.53. The van der Waals surface area contributed by atoms with Crippen molar-refractivity contribution in [3.63, 3.8) is 0 Å². The van der Waals surface area contributed by atoms with Crippen molar-refractivity contribution < 1.29 is 9.90 Å². The third kappa shape index (κ3) is 3.17. The molecule has 1 saturated heterocycles. The van der Waals surface area contributed by atoms with Gasteiger partial charge >= 0.3 is 5.97 Å². The van der Waals surface area contributed by atoms with Crippen molar-refractivity contribution in [2.75, 3.05) is 18.0 Å². The van der Waals surface area contributed by atoms with Crippen LogP contribution in [0.4, 0.5) is 5.82 Å². The number of carbonyl (C=O) groups is 1. The van der Waals surface area contributed by atoms with Crippen LogP contribution in [0, 0.1) is 0 Å². The predicted octanol–water partition coefficient (Wildman–Crippen LogP) is 4.58. The highest BCUT2D eigenvalue weighted by atomic mass is 35.5. The van der Waals surface area contributed by atoms with E-state index in [9.17, 15) is 4.79 Å². The maximum absolute atomic E-state index is 11.0. The van der Waals surface area contributed by atoms with E-state index in [1.165, 1.54) is 5.56 Å². The molecule has 1 aliphatic rings. The lowest BCUT2D eigenvalue weighted by Gasteiger charge is -2.18. The summed E-state index contributed by atoms with van der Waals surface area (Å²) in [5.41, 5.74) is 2.45. The van der Waals surface area contributed by atoms with E-state index in [4.69, 9.17) is 21.7 Å². The molecule has 5 heteroatoms. The Kier molecular flexibility index (Phi) is 4.06. The molecule has 1 aliphatic heterocycles. The van der Waals surface area contributed by atoms with Gasteiger partial charge in [0.05, 0.1) is 11.1 Å². The fourth-order valence-corrected chi connectivity index (χ4v) is 3.58. The molecular weight excluding hydrogens is 336 g/mol. The highest BCUT2D eigenvalue weighted by Crippen LogP contribution is 2.31. The number of anilines is 1. The molecule has 25 heavy (non-hydrogen) atoms. The fourth-order valence-electron chi connectivity index (χ4n) is 3.40. The molecule has 0 radical (unpaired) electrons. The van der Waals surface area contributed by atoms with Crippen LogP contribution < -0.4 is 4.90 Å². The lowest BCUT2D eigenvalue weighted by atomic mass is 9.97. The number of carboxylic acids is 1. The van der Waals surface area contributed by atoms with Gasteiger partial charge in [0.1, 0.15) is 5.82 Å². The van der Waals surface area contributed by atoms with Gasteiger partial charge in [-0.15, -0.1) is 0 Å². The van der Waals surface area contributed by atoms with Crippen LogP contribution in [-0.2, 0) is 0 Å². The van der Waals surface area contributed by atoms with Crippen molar-refractivity contribution in [2.24, 2.45) is 0 Å². The Bertz CT molecular complexity index is 940. The summed E-state index contributed by atoms with van der Waals surface area (Å²) >= 11 is 6.03. The van der Waals surface area contributed by atoms with E-state index in [-0.39, 0.29) is 0 Å². The summed E-state index contributed by atoms with van der Waals surface area (Å²) in [7, 11) is 0. The zero-order valence-corrected chi connectivity index (χ0v) is 14.3. The van der Waals surface area contributed by atoms with Gasteiger partial charge in [0.15, 0.2) is 0 Å². The standard InChI is InChI=1S/C20H17ClN2O2/c21-17-6-7-18-15(11-17)5-8-19(22-18)23-10-9-16(12-23)13-1-3-14(4-2-13)20(24)25/h1-8,11,16H,9-10,12H2,(H,24,25)/t16-/m0/s1. The first kappa shape index (κ1) is 15.9. The molecule has 0 unspecified atom stereocenters. The first-order chi connectivity index (χ1) is 12.1. The Morgan fingerprint density at radius 3 is 2.68 bits per heavy atom. The Labute approximate surface area is 150 Å². The summed E-state index contributed by atoms with van der Waals surface area (Å²) in [5, 5.41) is 10.8. The third-order valence-electron chi connectivity index (χ3n) is 4.78. The summed E-state index contributed by atoms with van der Waals surface area (Å²) < 4.78 is 0. The van der Waals surface area contributed by atoms with E-state index < -0.39 is 5.97 Å². The fraction of sp³-hybridized carbons (Fsp3) is 0.200. The van der Waals surface area contributed by atoms with Crippen LogP contribution in [0.15, 0.2) is 54.6 Å². The zero-order chi connectivity index (χ0) is 17.4. The number of rotatable bonds is 3. The summed E-state index contributed by atoms with van der Waals surface area (Å²) in [5.74, 6) is 0.477. The van der Waals surface area contributed by atoms with Gasteiger partial charge in [0, 0.05) is 29.4 Å². The molecule has 2 heterocycles. The lowest BCUT2D eigenvalue weighted by molar-refractivity contribution is 0.0697. The van der Waals surface area contributed by atoms with Gasteiger partial charge in [-0.3, -0.25) is 0 Å². The molecule has 4 nitrogen and oxygen atoms in total. The quantitative estimate of drug-likeness (QED) is 0.749. The molecule has 3 aromatic rings. The molecule has 1 aromatic heterocycles. The Morgan fingerprint density at radius 2 is 1.92 bits per heavy atom. The first-order valence-corrected chi connectivity index (χ1v) is 8.62. The molecule has 0 aliphatic carbocycles. The molecule has 1 atom stereocenters. The second kappa shape index (κ2) is 6.37. The van der Waals surface area contributed by atoms with E-state index in [0.717, 1.165) is 36.2 Å². The number of aromatic carboxylic acids is 1. The normalized spacial score (nSPS) is 17.2. The highest BCUT2D eigenvalue weighted by Gasteiger charge is 2.25. The number of aromatic nitrogens is 1. The molecule has 1 fully saturated rings. The number of carboxylic acid groups (broad SMARTS) is 1. The van der Waals surface area contributed by atoms with E-state index in [2.05, 4.69) is 11.0 Å². The second-order valence-corrected chi connectivity index (χ2v) is 6.80. The molecule has 0 amide bonds. The maximum Gasteiger partial charge on any atom is 0.335 e. The van der Waals surface area contributed by atoms with Crippen LogP contribution in [0.1, 0.15) is 28.3 Å². The lowest BCUT2D eigenvalue weighted by Crippen LogP contribution is -2.20. The van der Waals surface area contributed by atoms with Gasteiger partial charge in [0.2, 0.25) is 0 Å². The zero-order valence-electron chi connectivity index (χ0n) is 13.5. The average Bonchev–Trinajstić information content (AvgIpc) is 3.11. The second-order valence-electron chi connectivity index (χ2n) is 6.37. The molecule has 2 aromatic carbocycles. The summed E-state index contributed by atoms with van der Waals surface area (Å²) in [6.45, 7) is 1.83. The summed E-state index contributed by atoms with van der Waals surface area (Å²) in [6, 6.07) is 17.0. The molecule has 0 spiro atoms. The van der Waals surface area contributed by atoms with Crippen molar-refractivity contribution in [2.45, 2.75) is 12.3 Å². The number of benzene rings is 2. The number of nitrogens with zero attached hydrogens (tertiary/aromatic N) is 2. The van der Waals surface area contributed by atoms with E-state index in [1.54, 1.807) is 12.1 Å². The van der Waals surface area contributed by atoms with Crippen LogP contribution >= 0.6 is 11.6 Å². The highest BCUT2D eigenvalue weighted by molar-refractivity contribution is 6.31. The molecule has 4 rings (SSSR count). The van der Waals surface area contributed by atoms with Gasteiger partial charge in [0.25, 0.3) is 0 Å². The summed E-state index contributed by atoms with van der Waals surface area (Å²) in [6.07, 6.45) is 1.03. The molecule has 0 bridgehead atoms. The van der Waals surface area contributed by atoms with Crippen LogP contribution in [0.5, 0.6) is 0 Å². The number of hydrogen-bond acceptors (Lipinski definition) is 3.